The Morgan fingerprint density at radius 2 is 2.14 bits per heavy atom. The minimum absolute atomic E-state index is 0.00225. The first-order valence-corrected chi connectivity index (χ1v) is 7.87. The van der Waals surface area contributed by atoms with Gasteiger partial charge >= 0.3 is 0 Å². The highest BCUT2D eigenvalue weighted by atomic mass is 32.1. The third-order valence-corrected chi connectivity index (χ3v) is 4.59. The third-order valence-electron chi connectivity index (χ3n) is 3.39. The Labute approximate surface area is 129 Å². The van der Waals surface area contributed by atoms with Gasteiger partial charge in [-0.1, -0.05) is 13.8 Å². The van der Waals surface area contributed by atoms with E-state index in [0.29, 0.717) is 6.54 Å². The predicted molar refractivity (Wildman–Crippen MR) is 88.0 cm³/mol. The van der Waals surface area contributed by atoms with Crippen molar-refractivity contribution in [3.8, 4) is 0 Å². The molecule has 2 aromatic heterocycles. The summed E-state index contributed by atoms with van der Waals surface area (Å²) < 4.78 is 1.84. The maximum atomic E-state index is 12.3. The van der Waals surface area contributed by atoms with Gasteiger partial charge in [-0.05, 0) is 32.5 Å². The first-order chi connectivity index (χ1) is 9.69. The van der Waals surface area contributed by atoms with Crippen LogP contribution in [-0.2, 0) is 7.05 Å². The SMILES string of the molecule is Cc1nn(C)c2sc(C(=O)NCC(C)(C)CN(C)C)cc12. The van der Waals surface area contributed by atoms with Crippen LogP contribution >= 0.6 is 11.3 Å². The van der Waals surface area contributed by atoms with Crippen molar-refractivity contribution < 1.29 is 4.79 Å². The van der Waals surface area contributed by atoms with Crippen LogP contribution in [0.3, 0.4) is 0 Å². The minimum Gasteiger partial charge on any atom is -0.351 e. The molecule has 116 valence electrons. The number of thiophene rings is 1. The smallest absolute Gasteiger partial charge is 0.261 e. The Morgan fingerprint density at radius 1 is 1.48 bits per heavy atom. The molecular weight excluding hydrogens is 284 g/mol. The molecule has 2 heterocycles. The van der Waals surface area contributed by atoms with Gasteiger partial charge in [-0.15, -0.1) is 11.3 Å². The second kappa shape index (κ2) is 5.77. The van der Waals surface area contributed by atoms with Crippen molar-refractivity contribution in [2.45, 2.75) is 20.8 Å². The molecule has 1 amide bonds. The third kappa shape index (κ3) is 3.63. The first kappa shape index (κ1) is 16.0. The molecule has 0 unspecified atom stereocenters. The molecule has 0 atom stereocenters. The molecule has 0 aliphatic carbocycles. The van der Waals surface area contributed by atoms with E-state index in [2.05, 4.69) is 29.2 Å². The summed E-state index contributed by atoms with van der Waals surface area (Å²) >= 11 is 1.50. The predicted octanol–water partition coefficient (Wildman–Crippen LogP) is 2.26. The fourth-order valence-electron chi connectivity index (χ4n) is 2.64. The van der Waals surface area contributed by atoms with Crippen molar-refractivity contribution in [3.05, 3.63) is 16.6 Å². The quantitative estimate of drug-likeness (QED) is 0.922. The van der Waals surface area contributed by atoms with Crippen molar-refractivity contribution >= 4 is 27.5 Å². The second-order valence-electron chi connectivity index (χ2n) is 6.62. The van der Waals surface area contributed by atoms with Crippen LogP contribution in [0.4, 0.5) is 0 Å². The van der Waals surface area contributed by atoms with Crippen molar-refractivity contribution in [1.29, 1.82) is 0 Å². The average molecular weight is 308 g/mol. The zero-order chi connectivity index (χ0) is 15.8. The topological polar surface area (TPSA) is 50.2 Å². The maximum Gasteiger partial charge on any atom is 0.261 e. The van der Waals surface area contributed by atoms with Gasteiger partial charge in [-0.2, -0.15) is 5.10 Å². The lowest BCUT2D eigenvalue weighted by Gasteiger charge is -2.28. The number of fused-ring (bicyclic) bond motifs is 1. The standard InChI is InChI=1S/C15H24N4OS/c1-10-11-7-12(21-14(11)19(6)17-10)13(20)16-8-15(2,3)9-18(4)5/h7H,8-9H2,1-6H3,(H,16,20). The summed E-state index contributed by atoms with van der Waals surface area (Å²) in [4.78, 5) is 16.3. The van der Waals surface area contributed by atoms with Gasteiger partial charge in [0, 0.05) is 25.5 Å². The lowest BCUT2D eigenvalue weighted by Crippen LogP contribution is -2.39. The molecule has 0 bridgehead atoms. The number of aryl methyl sites for hydroxylation is 2. The Hall–Kier alpha value is -1.40. The molecule has 0 aliphatic heterocycles. The minimum atomic E-state index is 0.00225. The average Bonchev–Trinajstić information content (AvgIpc) is 2.88. The zero-order valence-corrected chi connectivity index (χ0v) is 14.5. The van der Waals surface area contributed by atoms with Crippen LogP contribution in [0.15, 0.2) is 6.07 Å². The van der Waals surface area contributed by atoms with Gasteiger partial charge in [0.25, 0.3) is 5.91 Å². The number of hydrogen-bond donors (Lipinski definition) is 1. The Morgan fingerprint density at radius 3 is 2.71 bits per heavy atom. The van der Waals surface area contributed by atoms with Crippen LogP contribution in [0.5, 0.6) is 0 Å². The lowest BCUT2D eigenvalue weighted by atomic mass is 9.93. The summed E-state index contributed by atoms with van der Waals surface area (Å²) in [5, 5.41) is 8.48. The fraction of sp³-hybridized carbons (Fsp3) is 0.600. The van der Waals surface area contributed by atoms with Gasteiger partial charge in [-0.25, -0.2) is 0 Å². The van der Waals surface area contributed by atoms with E-state index in [-0.39, 0.29) is 11.3 Å². The number of hydrogen-bond acceptors (Lipinski definition) is 4. The van der Waals surface area contributed by atoms with Gasteiger partial charge in [0.1, 0.15) is 4.83 Å². The number of rotatable bonds is 5. The van der Waals surface area contributed by atoms with Crippen molar-refractivity contribution in [2.24, 2.45) is 12.5 Å². The molecule has 0 saturated carbocycles. The maximum absolute atomic E-state index is 12.3. The van der Waals surface area contributed by atoms with Gasteiger partial charge in [0.05, 0.1) is 10.6 Å². The highest BCUT2D eigenvalue weighted by Crippen LogP contribution is 2.27. The largest absolute Gasteiger partial charge is 0.351 e. The number of nitrogens with zero attached hydrogens (tertiary/aromatic N) is 3. The van der Waals surface area contributed by atoms with Crippen molar-refractivity contribution in [2.75, 3.05) is 27.2 Å². The molecule has 0 fully saturated rings. The van der Waals surface area contributed by atoms with E-state index in [0.717, 1.165) is 27.3 Å². The molecule has 5 nitrogen and oxygen atoms in total. The van der Waals surface area contributed by atoms with Crippen LogP contribution in [0.1, 0.15) is 29.2 Å². The van der Waals surface area contributed by atoms with Gasteiger partial charge in [0.2, 0.25) is 0 Å². The number of carbonyl (C=O) groups is 1. The lowest BCUT2D eigenvalue weighted by molar-refractivity contribution is 0.0933. The van der Waals surface area contributed by atoms with Crippen LogP contribution in [0.25, 0.3) is 10.2 Å². The highest BCUT2D eigenvalue weighted by molar-refractivity contribution is 7.20. The Balaban J connectivity index is 2.07. The molecular formula is C15H24N4OS. The highest BCUT2D eigenvalue weighted by Gasteiger charge is 2.21. The first-order valence-electron chi connectivity index (χ1n) is 7.06. The molecule has 21 heavy (non-hydrogen) atoms. The van der Waals surface area contributed by atoms with E-state index >= 15 is 0 Å². The zero-order valence-electron chi connectivity index (χ0n) is 13.6. The van der Waals surface area contributed by atoms with Crippen LogP contribution in [-0.4, -0.2) is 47.8 Å². The summed E-state index contributed by atoms with van der Waals surface area (Å²) in [5.74, 6) is 0.00225. The number of amides is 1. The number of carbonyl (C=O) groups excluding carboxylic acids is 1. The van der Waals surface area contributed by atoms with E-state index in [9.17, 15) is 4.79 Å². The van der Waals surface area contributed by atoms with E-state index in [1.54, 1.807) is 0 Å². The van der Waals surface area contributed by atoms with Gasteiger partial charge in [0.15, 0.2) is 0 Å². The molecule has 1 N–H and O–H groups in total. The van der Waals surface area contributed by atoms with Crippen molar-refractivity contribution in [1.82, 2.24) is 20.0 Å². The van der Waals surface area contributed by atoms with E-state index in [1.165, 1.54) is 11.3 Å². The summed E-state index contributed by atoms with van der Waals surface area (Å²) in [7, 11) is 6.00. The molecule has 2 aromatic rings. The Kier molecular flexibility index (Phi) is 4.39. The van der Waals surface area contributed by atoms with Crippen LogP contribution < -0.4 is 5.32 Å². The molecule has 0 aromatic carbocycles. The van der Waals surface area contributed by atoms with Crippen LogP contribution in [0, 0.1) is 12.3 Å². The Bertz CT molecular complexity index is 619. The van der Waals surface area contributed by atoms with E-state index in [1.807, 2.05) is 38.8 Å². The molecule has 0 aliphatic rings. The van der Waals surface area contributed by atoms with Gasteiger partial charge in [-0.3, -0.25) is 9.48 Å². The molecule has 2 rings (SSSR count). The van der Waals surface area contributed by atoms with Gasteiger partial charge < -0.3 is 10.2 Å². The van der Waals surface area contributed by atoms with Crippen LogP contribution in [0.2, 0.25) is 0 Å². The molecule has 6 heteroatoms. The molecule has 0 radical (unpaired) electrons. The molecule has 0 spiro atoms. The molecule has 0 saturated heterocycles. The van der Waals surface area contributed by atoms with Crippen molar-refractivity contribution in [3.63, 3.8) is 0 Å². The summed E-state index contributed by atoms with van der Waals surface area (Å²) in [6, 6.07) is 1.94. The monoisotopic (exact) mass is 308 g/mol. The summed E-state index contributed by atoms with van der Waals surface area (Å²) in [5.41, 5.74) is 1.02. The van der Waals surface area contributed by atoms with E-state index in [4.69, 9.17) is 0 Å². The summed E-state index contributed by atoms with van der Waals surface area (Å²) in [6.07, 6.45) is 0. The summed E-state index contributed by atoms with van der Waals surface area (Å²) in [6.45, 7) is 7.88. The number of nitrogens with one attached hydrogen (secondary N) is 1. The second-order valence-corrected chi connectivity index (χ2v) is 7.65. The number of aromatic nitrogens is 2. The normalized spacial score (nSPS) is 12.3. The fourth-order valence-corrected chi connectivity index (χ4v) is 3.68. The van der Waals surface area contributed by atoms with E-state index < -0.39 is 0 Å².